The van der Waals surface area contributed by atoms with Crippen LogP contribution >= 0.6 is 15.9 Å². The van der Waals surface area contributed by atoms with Crippen LogP contribution in [0.3, 0.4) is 0 Å². The zero-order valence-corrected chi connectivity index (χ0v) is 9.58. The van der Waals surface area contributed by atoms with Gasteiger partial charge in [0.2, 0.25) is 5.82 Å². The van der Waals surface area contributed by atoms with E-state index in [1.54, 1.807) is 0 Å². The van der Waals surface area contributed by atoms with E-state index >= 15 is 0 Å². The summed E-state index contributed by atoms with van der Waals surface area (Å²) in [7, 11) is 0. The second kappa shape index (κ2) is 5.44. The molecule has 0 heterocycles. The Balaban J connectivity index is 3.29. The lowest BCUT2D eigenvalue weighted by Crippen LogP contribution is -2.16. The molecule has 0 saturated carbocycles. The summed E-state index contributed by atoms with van der Waals surface area (Å²) in [6.07, 6.45) is 0. The van der Waals surface area contributed by atoms with Gasteiger partial charge in [-0.2, -0.15) is 0 Å². The lowest BCUT2D eigenvalue weighted by Gasteiger charge is -2.07. The molecule has 0 unspecified atom stereocenters. The number of rotatable bonds is 3. The van der Waals surface area contributed by atoms with Crippen LogP contribution in [0.5, 0.6) is 0 Å². The molecule has 0 bridgehead atoms. The van der Waals surface area contributed by atoms with Gasteiger partial charge < -0.3 is 4.74 Å². The van der Waals surface area contributed by atoms with Crippen LogP contribution in [0.4, 0.5) is 22.0 Å². The van der Waals surface area contributed by atoms with Gasteiger partial charge in [-0.1, -0.05) is 15.9 Å². The molecule has 0 aliphatic heterocycles. The predicted molar refractivity (Wildman–Crippen MR) is 50.3 cm³/mol. The lowest BCUT2D eigenvalue weighted by molar-refractivity contribution is 0.0516. The molecule has 0 aliphatic rings. The molecular weight excluding hydrogens is 315 g/mol. The first kappa shape index (κ1) is 13.9. The van der Waals surface area contributed by atoms with Crippen LogP contribution in [0, 0.1) is 29.1 Å². The van der Waals surface area contributed by atoms with Gasteiger partial charge in [-0.25, -0.2) is 26.7 Å². The molecule has 0 aliphatic carbocycles. The van der Waals surface area contributed by atoms with E-state index in [9.17, 15) is 26.7 Å². The Kier molecular flexibility index (Phi) is 4.44. The summed E-state index contributed by atoms with van der Waals surface area (Å²) in [5, 5.41) is 0.161. The van der Waals surface area contributed by atoms with Crippen molar-refractivity contribution in [1.82, 2.24) is 0 Å². The van der Waals surface area contributed by atoms with Gasteiger partial charge in [0.1, 0.15) is 12.2 Å². The number of carbonyl (C=O) groups is 1. The number of esters is 1. The molecule has 8 heteroatoms. The molecule has 0 atom stereocenters. The number of benzene rings is 1. The average Bonchev–Trinajstić information content (AvgIpc) is 2.31. The quantitative estimate of drug-likeness (QED) is 0.282. The van der Waals surface area contributed by atoms with Crippen molar-refractivity contribution in [3.8, 4) is 0 Å². The molecule has 0 aromatic heterocycles. The second-order valence-electron chi connectivity index (χ2n) is 2.77. The minimum Gasteiger partial charge on any atom is -0.461 e. The largest absolute Gasteiger partial charge is 0.461 e. The summed E-state index contributed by atoms with van der Waals surface area (Å²) >= 11 is 2.86. The Labute approximate surface area is 100 Å². The molecule has 0 N–H and O–H groups in total. The number of alkyl halides is 1. The highest BCUT2D eigenvalue weighted by atomic mass is 79.9. The highest BCUT2D eigenvalue weighted by Gasteiger charge is 2.30. The number of hydrogen-bond acceptors (Lipinski definition) is 2. The number of carbonyl (C=O) groups excluding carboxylic acids is 1. The molecule has 0 fully saturated rings. The van der Waals surface area contributed by atoms with Crippen molar-refractivity contribution in [3.05, 3.63) is 34.6 Å². The average molecular weight is 319 g/mol. The second-order valence-corrected chi connectivity index (χ2v) is 3.56. The lowest BCUT2D eigenvalue weighted by atomic mass is 10.1. The number of ether oxygens (including phenoxy) is 1. The van der Waals surface area contributed by atoms with E-state index < -0.39 is 40.6 Å². The van der Waals surface area contributed by atoms with Gasteiger partial charge in [0, 0.05) is 5.33 Å². The first-order valence-electron chi connectivity index (χ1n) is 4.16. The van der Waals surface area contributed by atoms with E-state index in [1.807, 2.05) is 0 Å². The summed E-state index contributed by atoms with van der Waals surface area (Å²) in [5.41, 5.74) is -1.60. The predicted octanol–water partition coefficient (Wildman–Crippen LogP) is 2.93. The summed E-state index contributed by atoms with van der Waals surface area (Å²) < 4.78 is 68.4. The molecule has 0 spiro atoms. The molecule has 1 aromatic carbocycles. The Hall–Kier alpha value is -1.18. The van der Waals surface area contributed by atoms with Gasteiger partial charge >= 0.3 is 5.97 Å². The van der Waals surface area contributed by atoms with Crippen LogP contribution in [0.1, 0.15) is 10.4 Å². The van der Waals surface area contributed by atoms with Crippen molar-refractivity contribution in [2.24, 2.45) is 0 Å². The minimum atomic E-state index is -2.32. The smallest absolute Gasteiger partial charge is 0.344 e. The SMILES string of the molecule is O=C(OCCBr)c1c(F)c(F)c(F)c(F)c1F. The van der Waals surface area contributed by atoms with Crippen molar-refractivity contribution >= 4 is 21.9 Å². The van der Waals surface area contributed by atoms with Gasteiger partial charge in [-0.15, -0.1) is 0 Å². The van der Waals surface area contributed by atoms with E-state index in [1.165, 1.54) is 0 Å². The fourth-order valence-corrected chi connectivity index (χ4v) is 1.15. The maximum atomic E-state index is 13.0. The third kappa shape index (κ3) is 2.56. The zero-order valence-electron chi connectivity index (χ0n) is 8.00. The van der Waals surface area contributed by atoms with E-state index in [0.717, 1.165) is 0 Å². The first-order valence-corrected chi connectivity index (χ1v) is 5.28. The van der Waals surface area contributed by atoms with Crippen molar-refractivity contribution in [2.75, 3.05) is 11.9 Å². The zero-order chi connectivity index (χ0) is 13.2. The Morgan fingerprint density at radius 1 is 0.941 bits per heavy atom. The van der Waals surface area contributed by atoms with Gasteiger partial charge in [0.15, 0.2) is 23.3 Å². The number of halogens is 6. The standard InChI is InChI=1S/C9H4BrF5O2/c10-1-2-17-9(16)3-4(11)6(13)8(15)7(14)5(3)12/h1-2H2. The maximum Gasteiger partial charge on any atom is 0.344 e. The fourth-order valence-electron chi connectivity index (χ4n) is 0.988. The van der Waals surface area contributed by atoms with Crippen LogP contribution in [-0.4, -0.2) is 17.9 Å². The normalized spacial score (nSPS) is 10.5. The Morgan fingerprint density at radius 3 is 1.76 bits per heavy atom. The topological polar surface area (TPSA) is 26.3 Å². The summed E-state index contributed by atoms with van der Waals surface area (Å²) in [4.78, 5) is 11.1. The van der Waals surface area contributed by atoms with Crippen molar-refractivity contribution < 1.29 is 31.5 Å². The Bertz CT molecular complexity index is 434. The van der Waals surface area contributed by atoms with Gasteiger partial charge in [-0.05, 0) is 0 Å². The van der Waals surface area contributed by atoms with Gasteiger partial charge in [-0.3, -0.25) is 0 Å². The van der Waals surface area contributed by atoms with Crippen molar-refractivity contribution in [1.29, 1.82) is 0 Å². The molecule has 2 nitrogen and oxygen atoms in total. The summed E-state index contributed by atoms with van der Waals surface area (Å²) in [6, 6.07) is 0. The molecular formula is C9H4BrF5O2. The third-order valence-electron chi connectivity index (χ3n) is 1.72. The van der Waals surface area contributed by atoms with Crippen molar-refractivity contribution in [3.63, 3.8) is 0 Å². The van der Waals surface area contributed by atoms with E-state index in [2.05, 4.69) is 20.7 Å². The Morgan fingerprint density at radius 2 is 1.35 bits per heavy atom. The van der Waals surface area contributed by atoms with Crippen LogP contribution < -0.4 is 0 Å². The highest BCUT2D eigenvalue weighted by molar-refractivity contribution is 9.09. The van der Waals surface area contributed by atoms with Crippen LogP contribution in [0.25, 0.3) is 0 Å². The molecule has 0 amide bonds. The van der Waals surface area contributed by atoms with E-state index in [4.69, 9.17) is 0 Å². The highest BCUT2D eigenvalue weighted by Crippen LogP contribution is 2.23. The van der Waals surface area contributed by atoms with E-state index in [0.29, 0.717) is 0 Å². The van der Waals surface area contributed by atoms with Gasteiger partial charge in [0.05, 0.1) is 0 Å². The third-order valence-corrected chi connectivity index (χ3v) is 2.05. The molecule has 0 radical (unpaired) electrons. The molecule has 1 rings (SSSR count). The summed E-state index contributed by atoms with van der Waals surface area (Å²) in [5.74, 6) is -12.7. The molecule has 0 saturated heterocycles. The fraction of sp³-hybridized carbons (Fsp3) is 0.222. The van der Waals surface area contributed by atoms with E-state index in [-0.39, 0.29) is 11.9 Å². The number of hydrogen-bond donors (Lipinski definition) is 0. The van der Waals surface area contributed by atoms with Crippen LogP contribution in [-0.2, 0) is 4.74 Å². The minimum absolute atomic E-state index is 0.161. The monoisotopic (exact) mass is 318 g/mol. The van der Waals surface area contributed by atoms with Crippen molar-refractivity contribution in [2.45, 2.75) is 0 Å². The summed E-state index contributed by atoms with van der Waals surface area (Å²) in [6.45, 7) is -0.266. The molecule has 17 heavy (non-hydrogen) atoms. The molecule has 94 valence electrons. The van der Waals surface area contributed by atoms with Gasteiger partial charge in [0.25, 0.3) is 0 Å². The molecule has 1 aromatic rings. The maximum absolute atomic E-state index is 13.0. The first-order chi connectivity index (χ1) is 7.91. The van der Waals surface area contributed by atoms with Crippen LogP contribution in [0.2, 0.25) is 0 Å². The van der Waals surface area contributed by atoms with Crippen LogP contribution in [0.15, 0.2) is 0 Å².